The Morgan fingerprint density at radius 3 is 2.80 bits per heavy atom. The molecule has 1 aliphatic rings. The maximum absolute atomic E-state index is 11.3. The summed E-state index contributed by atoms with van der Waals surface area (Å²) in [6.07, 6.45) is 0.619. The molecule has 0 saturated carbocycles. The van der Waals surface area contributed by atoms with Gasteiger partial charge in [0.15, 0.2) is 9.84 Å². The van der Waals surface area contributed by atoms with Crippen molar-refractivity contribution in [1.82, 2.24) is 5.32 Å². The number of hydrogen-bond donors (Lipinski definition) is 2. The van der Waals surface area contributed by atoms with Gasteiger partial charge < -0.3 is 15.2 Å². The number of aromatic carboxylic acids is 1. The summed E-state index contributed by atoms with van der Waals surface area (Å²) >= 11 is 0. The van der Waals surface area contributed by atoms with Crippen molar-refractivity contribution in [3.05, 3.63) is 29.8 Å². The zero-order chi connectivity index (χ0) is 14.6. The second kappa shape index (κ2) is 6.23. The Hall–Kier alpha value is -1.60. The third-order valence-corrected chi connectivity index (χ3v) is 4.91. The fourth-order valence-electron chi connectivity index (χ4n) is 2.15. The lowest BCUT2D eigenvalue weighted by atomic mass is 10.2. The summed E-state index contributed by atoms with van der Waals surface area (Å²) in [6, 6.07) is 6.40. The predicted octanol–water partition coefficient (Wildman–Crippen LogP) is 0.540. The van der Waals surface area contributed by atoms with Crippen molar-refractivity contribution < 1.29 is 23.1 Å². The Balaban J connectivity index is 1.78. The molecule has 1 aliphatic heterocycles. The molecule has 0 bridgehead atoms. The summed E-state index contributed by atoms with van der Waals surface area (Å²) in [5.41, 5.74) is 0.121. The van der Waals surface area contributed by atoms with Crippen LogP contribution >= 0.6 is 0 Å². The monoisotopic (exact) mass is 299 g/mol. The van der Waals surface area contributed by atoms with Crippen LogP contribution in [0.5, 0.6) is 5.75 Å². The van der Waals surface area contributed by atoms with Crippen LogP contribution in [0.15, 0.2) is 24.3 Å². The fraction of sp³-hybridized carbons (Fsp3) is 0.462. The van der Waals surface area contributed by atoms with Gasteiger partial charge in [0.2, 0.25) is 0 Å². The number of sulfone groups is 1. The fourth-order valence-corrected chi connectivity index (χ4v) is 3.86. The maximum Gasteiger partial charge on any atom is 0.339 e. The first-order valence-corrected chi connectivity index (χ1v) is 8.19. The zero-order valence-electron chi connectivity index (χ0n) is 10.9. The van der Waals surface area contributed by atoms with E-state index in [1.165, 1.54) is 6.07 Å². The molecule has 6 nitrogen and oxygen atoms in total. The van der Waals surface area contributed by atoms with Crippen LogP contribution in [-0.4, -0.2) is 50.2 Å². The first-order valence-electron chi connectivity index (χ1n) is 6.37. The van der Waals surface area contributed by atoms with Crippen LogP contribution in [0.25, 0.3) is 0 Å². The van der Waals surface area contributed by atoms with Gasteiger partial charge in [-0.15, -0.1) is 0 Å². The van der Waals surface area contributed by atoms with Crippen molar-refractivity contribution >= 4 is 15.8 Å². The maximum atomic E-state index is 11.3. The van der Waals surface area contributed by atoms with Crippen molar-refractivity contribution in [2.24, 2.45) is 0 Å². The van der Waals surface area contributed by atoms with Crippen LogP contribution in [0.4, 0.5) is 0 Å². The minimum atomic E-state index is -2.88. The van der Waals surface area contributed by atoms with Gasteiger partial charge in [0.25, 0.3) is 0 Å². The van der Waals surface area contributed by atoms with Crippen molar-refractivity contribution in [1.29, 1.82) is 0 Å². The lowest BCUT2D eigenvalue weighted by molar-refractivity contribution is 0.0692. The topological polar surface area (TPSA) is 92.7 Å². The molecule has 1 saturated heterocycles. The molecule has 2 rings (SSSR count). The van der Waals surface area contributed by atoms with Crippen molar-refractivity contribution in [2.75, 3.05) is 24.7 Å². The Kier molecular flexibility index (Phi) is 4.61. The average Bonchev–Trinajstić information content (AvgIpc) is 2.74. The number of nitrogens with one attached hydrogen (secondary N) is 1. The molecule has 0 aliphatic carbocycles. The largest absolute Gasteiger partial charge is 0.491 e. The smallest absolute Gasteiger partial charge is 0.339 e. The summed E-state index contributed by atoms with van der Waals surface area (Å²) in [6.45, 7) is 0.773. The lowest BCUT2D eigenvalue weighted by Gasteiger charge is -2.12. The molecule has 1 unspecified atom stereocenters. The number of hydrogen-bond acceptors (Lipinski definition) is 5. The minimum absolute atomic E-state index is 0.0293. The summed E-state index contributed by atoms with van der Waals surface area (Å²) < 4.78 is 28.0. The van der Waals surface area contributed by atoms with Gasteiger partial charge in [0.1, 0.15) is 17.9 Å². The van der Waals surface area contributed by atoms with Crippen molar-refractivity contribution in [3.63, 3.8) is 0 Å². The normalized spacial score (nSPS) is 20.7. The Morgan fingerprint density at radius 1 is 1.40 bits per heavy atom. The van der Waals surface area contributed by atoms with E-state index in [1.807, 2.05) is 0 Å². The summed E-state index contributed by atoms with van der Waals surface area (Å²) in [5, 5.41) is 12.1. The average molecular weight is 299 g/mol. The highest BCUT2D eigenvalue weighted by atomic mass is 32.2. The van der Waals surface area contributed by atoms with E-state index in [4.69, 9.17) is 9.84 Å². The molecular formula is C13H17NO5S. The molecule has 0 spiro atoms. The number of para-hydroxylation sites is 1. The second-order valence-corrected chi connectivity index (χ2v) is 6.93. The van der Waals surface area contributed by atoms with E-state index >= 15 is 0 Å². The van der Waals surface area contributed by atoms with E-state index in [0.29, 0.717) is 25.3 Å². The van der Waals surface area contributed by atoms with E-state index in [1.54, 1.807) is 18.2 Å². The van der Waals surface area contributed by atoms with Gasteiger partial charge in [-0.25, -0.2) is 13.2 Å². The van der Waals surface area contributed by atoms with E-state index in [9.17, 15) is 13.2 Å². The summed E-state index contributed by atoms with van der Waals surface area (Å²) in [7, 11) is -2.88. The van der Waals surface area contributed by atoms with E-state index in [0.717, 1.165) is 0 Å². The molecule has 1 aromatic rings. The zero-order valence-corrected chi connectivity index (χ0v) is 11.7. The quantitative estimate of drug-likeness (QED) is 0.745. The van der Waals surface area contributed by atoms with E-state index in [2.05, 4.69) is 5.32 Å². The first kappa shape index (κ1) is 14.8. The van der Waals surface area contributed by atoms with Crippen LogP contribution in [0.1, 0.15) is 16.8 Å². The second-order valence-electron chi connectivity index (χ2n) is 4.70. The highest BCUT2D eigenvalue weighted by Gasteiger charge is 2.27. The van der Waals surface area contributed by atoms with E-state index in [-0.39, 0.29) is 23.1 Å². The van der Waals surface area contributed by atoms with Crippen LogP contribution in [0.3, 0.4) is 0 Å². The molecule has 0 aromatic heterocycles. The number of benzene rings is 1. The molecule has 0 amide bonds. The number of carboxylic acids is 1. The van der Waals surface area contributed by atoms with Gasteiger partial charge in [-0.05, 0) is 18.6 Å². The molecule has 1 heterocycles. The number of rotatable bonds is 6. The Bertz CT molecular complexity index is 584. The van der Waals surface area contributed by atoms with Crippen LogP contribution in [0.2, 0.25) is 0 Å². The molecule has 1 aromatic carbocycles. The highest BCUT2D eigenvalue weighted by Crippen LogP contribution is 2.17. The highest BCUT2D eigenvalue weighted by molar-refractivity contribution is 7.91. The molecule has 1 atom stereocenters. The molecule has 0 radical (unpaired) electrons. The molecule has 20 heavy (non-hydrogen) atoms. The minimum Gasteiger partial charge on any atom is -0.491 e. The number of ether oxygens (including phenoxy) is 1. The van der Waals surface area contributed by atoms with E-state index < -0.39 is 15.8 Å². The van der Waals surface area contributed by atoms with Crippen LogP contribution in [-0.2, 0) is 9.84 Å². The van der Waals surface area contributed by atoms with Crippen LogP contribution in [0, 0.1) is 0 Å². The Morgan fingerprint density at radius 2 is 2.15 bits per heavy atom. The lowest BCUT2D eigenvalue weighted by Crippen LogP contribution is -2.33. The number of carboxylic acid groups (broad SMARTS) is 1. The van der Waals surface area contributed by atoms with Gasteiger partial charge in [-0.1, -0.05) is 12.1 Å². The third kappa shape index (κ3) is 3.94. The van der Waals surface area contributed by atoms with Gasteiger partial charge in [0, 0.05) is 12.6 Å². The van der Waals surface area contributed by atoms with Gasteiger partial charge in [0.05, 0.1) is 11.5 Å². The molecule has 2 N–H and O–H groups in total. The van der Waals surface area contributed by atoms with Crippen molar-refractivity contribution in [2.45, 2.75) is 12.5 Å². The van der Waals surface area contributed by atoms with Gasteiger partial charge in [-0.2, -0.15) is 0 Å². The predicted molar refractivity (Wildman–Crippen MR) is 74.0 cm³/mol. The Labute approximate surface area is 117 Å². The number of carbonyl (C=O) groups is 1. The molecular weight excluding hydrogens is 282 g/mol. The standard InChI is InChI=1S/C13H17NO5S/c15-13(16)11-3-1-2-4-12(11)19-7-6-14-10-5-8-20(17,18)9-10/h1-4,10,14H,5-9H2,(H,15,16). The summed E-state index contributed by atoms with van der Waals surface area (Å²) in [5.74, 6) is -0.317. The molecule has 1 fully saturated rings. The third-order valence-electron chi connectivity index (χ3n) is 3.14. The SMILES string of the molecule is O=C(O)c1ccccc1OCCNC1CCS(=O)(=O)C1. The summed E-state index contributed by atoms with van der Waals surface area (Å²) in [4.78, 5) is 11.0. The molecule has 7 heteroatoms. The molecule has 110 valence electrons. The van der Waals surface area contributed by atoms with Gasteiger partial charge >= 0.3 is 5.97 Å². The van der Waals surface area contributed by atoms with Gasteiger partial charge in [-0.3, -0.25) is 0 Å². The first-order chi connectivity index (χ1) is 9.48. The van der Waals surface area contributed by atoms with Crippen LogP contribution < -0.4 is 10.1 Å². The van der Waals surface area contributed by atoms with Crippen molar-refractivity contribution in [3.8, 4) is 5.75 Å².